The van der Waals surface area contributed by atoms with Crippen molar-refractivity contribution in [1.82, 2.24) is 0 Å². The molecule has 126 valence electrons. The minimum Gasteiger partial charge on any atom is -0.452 e. The molecule has 1 aliphatic heterocycles. The Labute approximate surface area is 143 Å². The summed E-state index contributed by atoms with van der Waals surface area (Å²) in [5, 5.41) is 0. The summed E-state index contributed by atoms with van der Waals surface area (Å²) in [5.74, 6) is -0.237. The van der Waals surface area contributed by atoms with Gasteiger partial charge in [-0.1, -0.05) is 18.2 Å². The lowest BCUT2D eigenvalue weighted by atomic mass is 10.1. The first-order valence-electron chi connectivity index (χ1n) is 8.08. The molecule has 4 nitrogen and oxygen atoms in total. The second kappa shape index (κ2) is 5.84. The number of benzene rings is 2. The van der Waals surface area contributed by atoms with Gasteiger partial charge < -0.3 is 9.47 Å². The van der Waals surface area contributed by atoms with Crippen LogP contribution in [-0.2, 0) is 4.79 Å². The summed E-state index contributed by atoms with van der Waals surface area (Å²) in [6.07, 6.45) is 3.09. The third-order valence-electron chi connectivity index (χ3n) is 4.35. The first-order chi connectivity index (χ1) is 12.0. The van der Waals surface area contributed by atoms with Crippen molar-refractivity contribution in [3.05, 3.63) is 64.7 Å². The fourth-order valence-corrected chi connectivity index (χ4v) is 2.72. The van der Waals surface area contributed by atoms with E-state index < -0.39 is 5.82 Å². The van der Waals surface area contributed by atoms with Gasteiger partial charge in [0.05, 0.1) is 11.5 Å². The number of hydrogen-bond acceptors (Lipinski definition) is 4. The van der Waals surface area contributed by atoms with Gasteiger partial charge in [-0.05, 0) is 44.0 Å². The molecule has 0 bridgehead atoms. The Morgan fingerprint density at radius 1 is 1.24 bits per heavy atom. The van der Waals surface area contributed by atoms with Gasteiger partial charge in [-0.15, -0.1) is 0 Å². The number of ether oxygens (including phenoxy) is 2. The summed E-state index contributed by atoms with van der Waals surface area (Å²) >= 11 is 0. The Balaban J connectivity index is 1.66. The average molecular weight is 338 g/mol. The minimum absolute atomic E-state index is 0.0216. The number of ketones is 1. The summed E-state index contributed by atoms with van der Waals surface area (Å²) in [7, 11) is 0. The number of carbonyl (C=O) groups excluding carboxylic acids is 2. The van der Waals surface area contributed by atoms with Crippen LogP contribution in [0.25, 0.3) is 6.08 Å². The molecule has 0 spiro atoms. The van der Waals surface area contributed by atoms with Gasteiger partial charge in [0.2, 0.25) is 5.78 Å². The molecule has 0 amide bonds. The topological polar surface area (TPSA) is 52.6 Å². The average Bonchev–Trinajstić information content (AvgIpc) is 3.39. The molecular formula is C20H15FO4. The molecule has 1 saturated carbocycles. The second-order valence-electron chi connectivity index (χ2n) is 6.22. The SMILES string of the molecule is Cc1c(OC(=O)C2CC2)ccc2c1O/C(=C\c1ccccc1F)C2=O. The second-order valence-corrected chi connectivity index (χ2v) is 6.22. The fraction of sp³-hybridized carbons (Fsp3) is 0.200. The fourth-order valence-electron chi connectivity index (χ4n) is 2.72. The lowest BCUT2D eigenvalue weighted by Crippen LogP contribution is -2.10. The number of fused-ring (bicyclic) bond motifs is 1. The van der Waals surface area contributed by atoms with E-state index in [0.29, 0.717) is 22.6 Å². The van der Waals surface area contributed by atoms with E-state index in [1.165, 1.54) is 12.1 Å². The molecule has 4 rings (SSSR count). The zero-order chi connectivity index (χ0) is 17.6. The van der Waals surface area contributed by atoms with E-state index in [0.717, 1.165) is 12.8 Å². The summed E-state index contributed by atoms with van der Waals surface area (Å²) in [6, 6.07) is 9.32. The summed E-state index contributed by atoms with van der Waals surface area (Å²) in [5.41, 5.74) is 1.24. The Bertz CT molecular complexity index is 925. The minimum atomic E-state index is -0.432. The molecule has 2 aromatic rings. The number of halogens is 1. The van der Waals surface area contributed by atoms with Crippen LogP contribution in [0.4, 0.5) is 4.39 Å². The van der Waals surface area contributed by atoms with E-state index in [2.05, 4.69) is 0 Å². The summed E-state index contributed by atoms with van der Waals surface area (Å²) in [4.78, 5) is 24.3. The molecular weight excluding hydrogens is 323 g/mol. The molecule has 1 heterocycles. The van der Waals surface area contributed by atoms with Crippen LogP contribution in [0.1, 0.15) is 34.3 Å². The van der Waals surface area contributed by atoms with E-state index in [1.807, 2.05) is 0 Å². The molecule has 0 radical (unpaired) electrons. The first-order valence-corrected chi connectivity index (χ1v) is 8.08. The van der Waals surface area contributed by atoms with Gasteiger partial charge in [0, 0.05) is 11.1 Å². The van der Waals surface area contributed by atoms with Crippen LogP contribution in [0.3, 0.4) is 0 Å². The molecule has 5 heteroatoms. The Kier molecular flexibility index (Phi) is 3.64. The number of esters is 1. The number of rotatable bonds is 3. The molecule has 1 fully saturated rings. The quantitative estimate of drug-likeness (QED) is 0.481. The van der Waals surface area contributed by atoms with Crippen molar-refractivity contribution in [2.24, 2.45) is 5.92 Å². The van der Waals surface area contributed by atoms with Crippen molar-refractivity contribution < 1.29 is 23.5 Å². The smallest absolute Gasteiger partial charge is 0.314 e. The number of carbonyl (C=O) groups is 2. The molecule has 2 aromatic carbocycles. The third-order valence-corrected chi connectivity index (χ3v) is 4.35. The highest BCUT2D eigenvalue weighted by molar-refractivity contribution is 6.15. The van der Waals surface area contributed by atoms with Crippen LogP contribution in [0, 0.1) is 18.7 Å². The van der Waals surface area contributed by atoms with Gasteiger partial charge in [-0.25, -0.2) is 4.39 Å². The Hall–Kier alpha value is -2.95. The first kappa shape index (κ1) is 15.6. The number of allylic oxidation sites excluding steroid dienone is 1. The standard InChI is InChI=1S/C20H15FO4/c1-11-16(25-20(23)12-6-7-12)9-8-14-18(22)17(24-19(11)14)10-13-4-2-3-5-15(13)21/h2-5,8-10,12H,6-7H2,1H3/b17-10-. The van der Waals surface area contributed by atoms with Crippen LogP contribution < -0.4 is 9.47 Å². The molecule has 1 aliphatic carbocycles. The zero-order valence-electron chi connectivity index (χ0n) is 13.5. The van der Waals surface area contributed by atoms with Crippen LogP contribution in [0.5, 0.6) is 11.5 Å². The highest BCUT2D eigenvalue weighted by Gasteiger charge is 2.34. The van der Waals surface area contributed by atoms with Crippen molar-refractivity contribution in [3.63, 3.8) is 0 Å². The van der Waals surface area contributed by atoms with Gasteiger partial charge in [0.1, 0.15) is 17.3 Å². The Morgan fingerprint density at radius 3 is 2.72 bits per heavy atom. The lowest BCUT2D eigenvalue weighted by molar-refractivity contribution is -0.135. The molecule has 25 heavy (non-hydrogen) atoms. The molecule has 0 unspecified atom stereocenters. The predicted molar refractivity (Wildman–Crippen MR) is 88.9 cm³/mol. The largest absolute Gasteiger partial charge is 0.452 e. The van der Waals surface area contributed by atoms with Crippen LogP contribution in [0.15, 0.2) is 42.2 Å². The van der Waals surface area contributed by atoms with Crippen LogP contribution >= 0.6 is 0 Å². The highest BCUT2D eigenvalue weighted by atomic mass is 19.1. The van der Waals surface area contributed by atoms with E-state index in [-0.39, 0.29) is 29.0 Å². The maximum absolute atomic E-state index is 13.8. The van der Waals surface area contributed by atoms with Gasteiger partial charge >= 0.3 is 5.97 Å². The molecule has 0 atom stereocenters. The van der Waals surface area contributed by atoms with Gasteiger partial charge in [0.25, 0.3) is 0 Å². The highest BCUT2D eigenvalue weighted by Crippen LogP contribution is 2.40. The number of hydrogen-bond donors (Lipinski definition) is 0. The Morgan fingerprint density at radius 2 is 2.00 bits per heavy atom. The van der Waals surface area contributed by atoms with Crippen LogP contribution in [-0.4, -0.2) is 11.8 Å². The zero-order valence-corrected chi connectivity index (χ0v) is 13.5. The van der Waals surface area contributed by atoms with E-state index in [9.17, 15) is 14.0 Å². The van der Waals surface area contributed by atoms with Crippen molar-refractivity contribution in [1.29, 1.82) is 0 Å². The van der Waals surface area contributed by atoms with E-state index in [1.54, 1.807) is 37.3 Å². The molecule has 0 saturated heterocycles. The summed E-state index contributed by atoms with van der Waals surface area (Å²) < 4.78 is 24.9. The van der Waals surface area contributed by atoms with Crippen molar-refractivity contribution in [3.8, 4) is 11.5 Å². The van der Waals surface area contributed by atoms with Gasteiger partial charge in [-0.2, -0.15) is 0 Å². The van der Waals surface area contributed by atoms with Crippen LogP contribution in [0.2, 0.25) is 0 Å². The normalized spacial score (nSPS) is 17.4. The van der Waals surface area contributed by atoms with Crippen molar-refractivity contribution in [2.45, 2.75) is 19.8 Å². The number of Topliss-reactive ketones (excluding diaryl/α,β-unsaturated/α-hetero) is 1. The van der Waals surface area contributed by atoms with Crippen molar-refractivity contribution in [2.75, 3.05) is 0 Å². The van der Waals surface area contributed by atoms with E-state index in [4.69, 9.17) is 9.47 Å². The third kappa shape index (κ3) is 2.82. The maximum Gasteiger partial charge on any atom is 0.314 e. The monoisotopic (exact) mass is 338 g/mol. The van der Waals surface area contributed by atoms with Gasteiger partial charge in [-0.3, -0.25) is 9.59 Å². The molecule has 2 aliphatic rings. The summed E-state index contributed by atoms with van der Waals surface area (Å²) in [6.45, 7) is 1.73. The van der Waals surface area contributed by atoms with Crippen molar-refractivity contribution >= 4 is 17.8 Å². The van der Waals surface area contributed by atoms with Gasteiger partial charge in [0.15, 0.2) is 5.76 Å². The molecule has 0 aromatic heterocycles. The van der Waals surface area contributed by atoms with E-state index >= 15 is 0 Å². The lowest BCUT2D eigenvalue weighted by Gasteiger charge is -2.09. The molecule has 0 N–H and O–H groups in total. The predicted octanol–water partition coefficient (Wildman–Crippen LogP) is 4.07. The maximum atomic E-state index is 13.8.